The van der Waals surface area contributed by atoms with Crippen molar-refractivity contribution in [2.75, 3.05) is 0 Å². The van der Waals surface area contributed by atoms with Gasteiger partial charge in [-0.3, -0.25) is 4.79 Å². The van der Waals surface area contributed by atoms with Crippen molar-refractivity contribution in [3.05, 3.63) is 29.8 Å². The molecule has 0 atom stereocenters. The van der Waals surface area contributed by atoms with Crippen LogP contribution in [-0.4, -0.2) is 19.5 Å². The van der Waals surface area contributed by atoms with E-state index in [0.29, 0.717) is 5.56 Å². The first kappa shape index (κ1) is 15.9. The number of sulfone groups is 1. The summed E-state index contributed by atoms with van der Waals surface area (Å²) in [5.74, 6) is 0.117. The standard InChI is InChI=1S/C15H22O3S/c1-5-12(6-2)15(16)13-7-9-14(10-8-13)19(17,18)11(3)4/h7-12H,5-6H2,1-4H3. The van der Waals surface area contributed by atoms with Crippen molar-refractivity contribution in [1.29, 1.82) is 0 Å². The van der Waals surface area contributed by atoms with Crippen LogP contribution in [0, 0.1) is 5.92 Å². The number of carbonyl (C=O) groups excluding carboxylic acids is 1. The van der Waals surface area contributed by atoms with E-state index in [4.69, 9.17) is 0 Å². The van der Waals surface area contributed by atoms with Gasteiger partial charge in [0.25, 0.3) is 0 Å². The second-order valence-electron chi connectivity index (χ2n) is 5.00. The summed E-state index contributed by atoms with van der Waals surface area (Å²) in [6, 6.07) is 6.31. The van der Waals surface area contributed by atoms with Gasteiger partial charge in [-0.05, 0) is 38.8 Å². The summed E-state index contributed by atoms with van der Waals surface area (Å²) >= 11 is 0. The van der Waals surface area contributed by atoms with Gasteiger partial charge in [-0.2, -0.15) is 0 Å². The van der Waals surface area contributed by atoms with Crippen LogP contribution in [0.15, 0.2) is 29.2 Å². The number of hydrogen-bond donors (Lipinski definition) is 0. The van der Waals surface area contributed by atoms with E-state index >= 15 is 0 Å². The van der Waals surface area contributed by atoms with Crippen molar-refractivity contribution in [2.24, 2.45) is 5.92 Å². The maximum Gasteiger partial charge on any atom is 0.180 e. The molecule has 1 aromatic carbocycles. The Balaban J connectivity index is 3.04. The minimum Gasteiger partial charge on any atom is -0.294 e. The fourth-order valence-electron chi connectivity index (χ4n) is 1.98. The van der Waals surface area contributed by atoms with E-state index in [2.05, 4.69) is 0 Å². The fourth-order valence-corrected chi connectivity index (χ4v) is 3.04. The molecule has 4 heteroatoms. The van der Waals surface area contributed by atoms with E-state index in [1.807, 2.05) is 13.8 Å². The number of rotatable bonds is 6. The average molecular weight is 282 g/mol. The molecule has 0 aromatic heterocycles. The molecule has 0 aliphatic heterocycles. The highest BCUT2D eigenvalue weighted by Gasteiger charge is 2.20. The minimum atomic E-state index is -3.26. The summed E-state index contributed by atoms with van der Waals surface area (Å²) in [6.07, 6.45) is 1.61. The van der Waals surface area contributed by atoms with E-state index in [0.717, 1.165) is 12.8 Å². The maximum absolute atomic E-state index is 12.2. The molecule has 0 bridgehead atoms. The van der Waals surface area contributed by atoms with Crippen molar-refractivity contribution in [2.45, 2.75) is 50.7 Å². The summed E-state index contributed by atoms with van der Waals surface area (Å²) < 4.78 is 23.9. The van der Waals surface area contributed by atoms with Crippen molar-refractivity contribution in [3.63, 3.8) is 0 Å². The third-order valence-corrected chi connectivity index (χ3v) is 5.61. The molecular formula is C15H22O3S. The zero-order valence-electron chi connectivity index (χ0n) is 12.0. The first-order valence-corrected chi connectivity index (χ1v) is 8.27. The number of carbonyl (C=O) groups is 1. The molecule has 1 rings (SSSR count). The molecule has 0 fully saturated rings. The van der Waals surface area contributed by atoms with Crippen LogP contribution >= 0.6 is 0 Å². The van der Waals surface area contributed by atoms with Gasteiger partial charge in [-0.15, -0.1) is 0 Å². The molecule has 3 nitrogen and oxygen atoms in total. The maximum atomic E-state index is 12.2. The quantitative estimate of drug-likeness (QED) is 0.750. The lowest BCUT2D eigenvalue weighted by Crippen LogP contribution is -2.15. The van der Waals surface area contributed by atoms with Crippen molar-refractivity contribution >= 4 is 15.6 Å². The Morgan fingerprint density at radius 2 is 1.53 bits per heavy atom. The van der Waals surface area contributed by atoms with Crippen LogP contribution in [-0.2, 0) is 9.84 Å². The highest BCUT2D eigenvalue weighted by atomic mass is 32.2. The van der Waals surface area contributed by atoms with Crippen LogP contribution in [0.5, 0.6) is 0 Å². The van der Waals surface area contributed by atoms with Crippen molar-refractivity contribution in [3.8, 4) is 0 Å². The van der Waals surface area contributed by atoms with E-state index in [9.17, 15) is 13.2 Å². The molecule has 0 heterocycles. The highest BCUT2D eigenvalue weighted by Crippen LogP contribution is 2.20. The Bertz CT molecular complexity index is 523. The predicted molar refractivity (Wildman–Crippen MR) is 77.2 cm³/mol. The Kier molecular flexibility index (Phi) is 5.29. The van der Waals surface area contributed by atoms with Crippen molar-refractivity contribution in [1.82, 2.24) is 0 Å². The van der Waals surface area contributed by atoms with E-state index in [1.165, 1.54) is 12.1 Å². The molecule has 0 amide bonds. The van der Waals surface area contributed by atoms with Crippen LogP contribution in [0.25, 0.3) is 0 Å². The van der Waals surface area contributed by atoms with Gasteiger partial charge in [0.1, 0.15) is 0 Å². The Morgan fingerprint density at radius 3 is 1.89 bits per heavy atom. The first-order valence-electron chi connectivity index (χ1n) is 6.72. The van der Waals surface area contributed by atoms with Gasteiger partial charge in [0.05, 0.1) is 10.1 Å². The van der Waals surface area contributed by atoms with Gasteiger partial charge < -0.3 is 0 Å². The molecule has 0 saturated heterocycles. The molecule has 0 spiro atoms. The molecule has 0 aliphatic carbocycles. The largest absolute Gasteiger partial charge is 0.294 e. The smallest absolute Gasteiger partial charge is 0.180 e. The second kappa shape index (κ2) is 6.33. The van der Waals surface area contributed by atoms with Crippen LogP contribution in [0.1, 0.15) is 50.9 Å². The molecule has 0 radical (unpaired) electrons. The molecule has 0 unspecified atom stereocenters. The number of hydrogen-bond acceptors (Lipinski definition) is 3. The van der Waals surface area contributed by atoms with Crippen LogP contribution in [0.3, 0.4) is 0 Å². The average Bonchev–Trinajstić information content (AvgIpc) is 2.40. The Labute approximate surface area is 116 Å². The lowest BCUT2D eigenvalue weighted by Gasteiger charge is -2.12. The van der Waals surface area contributed by atoms with Crippen LogP contribution in [0.2, 0.25) is 0 Å². The first-order chi connectivity index (χ1) is 8.84. The van der Waals surface area contributed by atoms with E-state index in [-0.39, 0.29) is 16.6 Å². The summed E-state index contributed by atoms with van der Waals surface area (Å²) in [5.41, 5.74) is 0.594. The topological polar surface area (TPSA) is 51.2 Å². The van der Waals surface area contributed by atoms with Crippen molar-refractivity contribution < 1.29 is 13.2 Å². The molecule has 0 saturated carbocycles. The molecule has 19 heavy (non-hydrogen) atoms. The van der Waals surface area contributed by atoms with Gasteiger partial charge in [-0.25, -0.2) is 8.42 Å². The summed E-state index contributed by atoms with van der Waals surface area (Å²) in [7, 11) is -3.26. The normalized spacial score (nSPS) is 12.1. The zero-order chi connectivity index (χ0) is 14.6. The predicted octanol–water partition coefficient (Wildman–Crippen LogP) is 3.49. The third-order valence-electron chi connectivity index (χ3n) is 3.44. The van der Waals surface area contributed by atoms with Gasteiger partial charge in [0.2, 0.25) is 0 Å². The number of benzene rings is 1. The molecule has 0 N–H and O–H groups in total. The van der Waals surface area contributed by atoms with Gasteiger partial charge in [0.15, 0.2) is 15.6 Å². The summed E-state index contributed by atoms with van der Waals surface area (Å²) in [5, 5.41) is -0.451. The lowest BCUT2D eigenvalue weighted by molar-refractivity contribution is 0.0913. The molecule has 106 valence electrons. The second-order valence-corrected chi connectivity index (χ2v) is 7.50. The van der Waals surface area contributed by atoms with Gasteiger partial charge >= 0.3 is 0 Å². The number of ketones is 1. The van der Waals surface area contributed by atoms with E-state index in [1.54, 1.807) is 26.0 Å². The fraction of sp³-hybridized carbons (Fsp3) is 0.533. The zero-order valence-corrected chi connectivity index (χ0v) is 12.8. The molecular weight excluding hydrogens is 260 g/mol. The van der Waals surface area contributed by atoms with Crippen LogP contribution < -0.4 is 0 Å². The molecule has 1 aromatic rings. The third kappa shape index (κ3) is 3.44. The monoisotopic (exact) mass is 282 g/mol. The lowest BCUT2D eigenvalue weighted by atomic mass is 9.93. The SMILES string of the molecule is CCC(CC)C(=O)c1ccc(S(=O)(=O)C(C)C)cc1. The summed E-state index contributed by atoms with van der Waals surface area (Å²) in [4.78, 5) is 12.4. The highest BCUT2D eigenvalue weighted by molar-refractivity contribution is 7.92. The van der Waals surface area contributed by atoms with Gasteiger partial charge in [0, 0.05) is 11.5 Å². The van der Waals surface area contributed by atoms with Gasteiger partial charge in [-0.1, -0.05) is 26.0 Å². The number of Topliss-reactive ketones (excluding diaryl/α,β-unsaturated/α-hetero) is 1. The molecule has 0 aliphatic rings. The Hall–Kier alpha value is -1.16. The summed E-state index contributed by atoms with van der Waals surface area (Å²) in [6.45, 7) is 7.28. The minimum absolute atomic E-state index is 0.0209. The van der Waals surface area contributed by atoms with E-state index < -0.39 is 15.1 Å². The van der Waals surface area contributed by atoms with Crippen LogP contribution in [0.4, 0.5) is 0 Å². The Morgan fingerprint density at radius 1 is 1.05 bits per heavy atom.